The lowest BCUT2D eigenvalue weighted by Crippen LogP contribution is -2.37. The van der Waals surface area contributed by atoms with Gasteiger partial charge in [0.05, 0.1) is 13.4 Å². The van der Waals surface area contributed by atoms with E-state index in [1.54, 1.807) is 0 Å². The number of rotatable bonds is 5. The molecule has 0 amide bonds. The lowest BCUT2D eigenvalue weighted by Gasteiger charge is -2.29. The maximum Gasteiger partial charge on any atom is 0.374 e. The van der Waals surface area contributed by atoms with Crippen molar-refractivity contribution in [1.82, 2.24) is 10.2 Å². The van der Waals surface area contributed by atoms with Crippen LogP contribution < -0.4 is 5.32 Å². The van der Waals surface area contributed by atoms with Crippen LogP contribution in [0.3, 0.4) is 0 Å². The third-order valence-electron chi connectivity index (χ3n) is 3.59. The fourth-order valence-corrected chi connectivity index (χ4v) is 2.60. The molecule has 0 aliphatic carbocycles. The molecule has 1 fully saturated rings. The van der Waals surface area contributed by atoms with Gasteiger partial charge in [-0.05, 0) is 45.0 Å². The number of nitrogens with zero attached hydrogens (tertiary/aromatic N) is 1. The molecule has 5 nitrogen and oxygen atoms in total. The average molecular weight is 266 g/mol. The molecule has 1 unspecified atom stereocenters. The van der Waals surface area contributed by atoms with Crippen molar-refractivity contribution in [3.05, 3.63) is 23.7 Å². The number of ether oxygens (including phenoxy) is 1. The Bertz CT molecular complexity index is 417. The fourth-order valence-electron chi connectivity index (χ4n) is 2.60. The van der Waals surface area contributed by atoms with Crippen LogP contribution in [0.15, 0.2) is 16.7 Å². The first kappa shape index (κ1) is 14.1. The molecule has 0 bridgehead atoms. The number of esters is 1. The summed E-state index contributed by atoms with van der Waals surface area (Å²) < 4.78 is 9.83. The van der Waals surface area contributed by atoms with E-state index < -0.39 is 5.97 Å². The van der Waals surface area contributed by atoms with Crippen molar-refractivity contribution in [2.75, 3.05) is 33.8 Å². The first-order valence-corrected chi connectivity index (χ1v) is 6.74. The number of carbonyl (C=O) groups is 1. The van der Waals surface area contributed by atoms with E-state index in [1.165, 1.54) is 32.8 Å². The van der Waals surface area contributed by atoms with Gasteiger partial charge in [-0.1, -0.05) is 0 Å². The Morgan fingerprint density at radius 1 is 1.63 bits per heavy atom. The zero-order valence-corrected chi connectivity index (χ0v) is 11.6. The summed E-state index contributed by atoms with van der Waals surface area (Å²) in [7, 11) is 3.53. The van der Waals surface area contributed by atoms with E-state index in [0.29, 0.717) is 18.2 Å². The number of hydrogen-bond acceptors (Lipinski definition) is 5. The monoisotopic (exact) mass is 266 g/mol. The van der Waals surface area contributed by atoms with Gasteiger partial charge in [0.15, 0.2) is 0 Å². The SMILES string of the molecule is COC(=O)c1occc1CNCC1CCCN(C)C1. The number of likely N-dealkylation sites (tertiary alicyclic amines) is 1. The second-order valence-corrected chi connectivity index (χ2v) is 5.17. The van der Waals surface area contributed by atoms with Gasteiger partial charge < -0.3 is 19.4 Å². The zero-order valence-electron chi connectivity index (χ0n) is 11.6. The average Bonchev–Trinajstić information content (AvgIpc) is 2.86. The van der Waals surface area contributed by atoms with Crippen molar-refractivity contribution in [1.29, 1.82) is 0 Å². The van der Waals surface area contributed by atoms with Gasteiger partial charge in [-0.25, -0.2) is 4.79 Å². The molecular formula is C14H22N2O3. The Morgan fingerprint density at radius 2 is 2.47 bits per heavy atom. The highest BCUT2D eigenvalue weighted by atomic mass is 16.5. The van der Waals surface area contributed by atoms with Crippen LogP contribution in [0.2, 0.25) is 0 Å². The second-order valence-electron chi connectivity index (χ2n) is 5.17. The van der Waals surface area contributed by atoms with Gasteiger partial charge in [0.25, 0.3) is 0 Å². The molecule has 1 aliphatic rings. The summed E-state index contributed by atoms with van der Waals surface area (Å²) in [5, 5.41) is 3.40. The Morgan fingerprint density at radius 3 is 3.21 bits per heavy atom. The molecule has 106 valence electrons. The van der Waals surface area contributed by atoms with Gasteiger partial charge in [-0.2, -0.15) is 0 Å². The molecule has 1 aliphatic heterocycles. The van der Waals surface area contributed by atoms with Crippen LogP contribution in [0, 0.1) is 5.92 Å². The number of piperidine rings is 1. The lowest BCUT2D eigenvalue weighted by molar-refractivity contribution is 0.0563. The third kappa shape index (κ3) is 3.81. The van der Waals surface area contributed by atoms with Gasteiger partial charge in [0, 0.05) is 18.7 Å². The molecule has 5 heteroatoms. The van der Waals surface area contributed by atoms with Crippen LogP contribution in [0.1, 0.15) is 29.0 Å². The van der Waals surface area contributed by atoms with Crippen molar-refractivity contribution in [3.63, 3.8) is 0 Å². The maximum absolute atomic E-state index is 11.5. The summed E-state index contributed by atoms with van der Waals surface area (Å²) in [6.45, 7) is 3.95. The molecule has 2 rings (SSSR count). The van der Waals surface area contributed by atoms with Crippen LogP contribution in [0.25, 0.3) is 0 Å². The van der Waals surface area contributed by atoms with Crippen LogP contribution in [0.4, 0.5) is 0 Å². The Kier molecular flexibility index (Phi) is 4.99. The highest BCUT2D eigenvalue weighted by molar-refractivity contribution is 5.87. The smallest absolute Gasteiger partial charge is 0.374 e. The van der Waals surface area contributed by atoms with E-state index >= 15 is 0 Å². The second kappa shape index (κ2) is 6.73. The van der Waals surface area contributed by atoms with Crippen LogP contribution >= 0.6 is 0 Å². The third-order valence-corrected chi connectivity index (χ3v) is 3.59. The van der Waals surface area contributed by atoms with Crippen LogP contribution in [-0.4, -0.2) is 44.7 Å². The van der Waals surface area contributed by atoms with Gasteiger partial charge in [-0.3, -0.25) is 0 Å². The van der Waals surface area contributed by atoms with E-state index in [9.17, 15) is 4.79 Å². The van der Waals surface area contributed by atoms with Crippen molar-refractivity contribution >= 4 is 5.97 Å². The van der Waals surface area contributed by atoms with Gasteiger partial charge in [0.1, 0.15) is 0 Å². The molecule has 0 radical (unpaired) electrons. The standard InChI is InChI=1S/C14H22N2O3/c1-16-6-3-4-11(10-16)8-15-9-12-5-7-19-13(12)14(17)18-2/h5,7,11,15H,3-4,6,8-10H2,1-2H3. The molecular weight excluding hydrogens is 244 g/mol. The molecule has 1 aromatic heterocycles. The van der Waals surface area contributed by atoms with Gasteiger partial charge >= 0.3 is 5.97 Å². The molecule has 1 atom stereocenters. The minimum atomic E-state index is -0.417. The van der Waals surface area contributed by atoms with Crippen LogP contribution in [-0.2, 0) is 11.3 Å². The van der Waals surface area contributed by atoms with Crippen LogP contribution in [0.5, 0.6) is 0 Å². The van der Waals surface area contributed by atoms with Crippen molar-refractivity contribution in [2.45, 2.75) is 19.4 Å². The summed E-state index contributed by atoms with van der Waals surface area (Å²) in [4.78, 5) is 13.8. The molecule has 0 saturated carbocycles. The molecule has 2 heterocycles. The summed E-state index contributed by atoms with van der Waals surface area (Å²) in [5.41, 5.74) is 0.857. The summed E-state index contributed by atoms with van der Waals surface area (Å²) >= 11 is 0. The summed E-state index contributed by atoms with van der Waals surface area (Å²) in [6.07, 6.45) is 4.06. The minimum absolute atomic E-state index is 0.302. The molecule has 0 aromatic carbocycles. The topological polar surface area (TPSA) is 54.7 Å². The first-order chi connectivity index (χ1) is 9.20. The Balaban J connectivity index is 1.79. The zero-order chi connectivity index (χ0) is 13.7. The molecule has 1 N–H and O–H groups in total. The van der Waals surface area contributed by atoms with E-state index in [2.05, 4.69) is 22.0 Å². The molecule has 1 saturated heterocycles. The molecule has 19 heavy (non-hydrogen) atoms. The van der Waals surface area contributed by atoms with Crippen molar-refractivity contribution in [2.24, 2.45) is 5.92 Å². The largest absolute Gasteiger partial charge is 0.463 e. The minimum Gasteiger partial charge on any atom is -0.463 e. The van der Waals surface area contributed by atoms with Crippen molar-refractivity contribution in [3.8, 4) is 0 Å². The van der Waals surface area contributed by atoms with E-state index in [4.69, 9.17) is 4.42 Å². The summed E-state index contributed by atoms with van der Waals surface area (Å²) in [6, 6.07) is 1.81. The Labute approximate surface area is 113 Å². The van der Waals surface area contributed by atoms with Crippen molar-refractivity contribution < 1.29 is 13.9 Å². The highest BCUT2D eigenvalue weighted by Gasteiger charge is 2.18. The predicted octanol–water partition coefficient (Wildman–Crippen LogP) is 1.50. The van der Waals surface area contributed by atoms with E-state index in [0.717, 1.165) is 18.7 Å². The maximum atomic E-state index is 11.5. The van der Waals surface area contributed by atoms with E-state index in [1.807, 2.05) is 6.07 Å². The number of nitrogens with one attached hydrogen (secondary N) is 1. The number of hydrogen-bond donors (Lipinski definition) is 1. The Hall–Kier alpha value is -1.33. The first-order valence-electron chi connectivity index (χ1n) is 6.74. The number of methoxy groups -OCH3 is 1. The van der Waals surface area contributed by atoms with Gasteiger partial charge in [0.2, 0.25) is 5.76 Å². The fraction of sp³-hybridized carbons (Fsp3) is 0.643. The normalized spacial score (nSPS) is 20.4. The van der Waals surface area contributed by atoms with E-state index in [-0.39, 0.29) is 0 Å². The highest BCUT2D eigenvalue weighted by Crippen LogP contribution is 2.15. The predicted molar refractivity (Wildman–Crippen MR) is 72.0 cm³/mol. The quantitative estimate of drug-likeness (QED) is 0.818. The molecule has 1 aromatic rings. The summed E-state index contributed by atoms with van der Waals surface area (Å²) in [5.74, 6) is 0.571. The lowest BCUT2D eigenvalue weighted by atomic mass is 9.98. The van der Waals surface area contributed by atoms with Gasteiger partial charge in [-0.15, -0.1) is 0 Å². The number of furan rings is 1. The number of carbonyl (C=O) groups excluding carboxylic acids is 1. The molecule has 0 spiro atoms.